The summed E-state index contributed by atoms with van der Waals surface area (Å²) in [5.41, 5.74) is 0. The van der Waals surface area contributed by atoms with E-state index in [0.29, 0.717) is 6.54 Å². The predicted octanol–water partition coefficient (Wildman–Crippen LogP) is 1.93. The van der Waals surface area contributed by atoms with Crippen LogP contribution in [0, 0.1) is 12.8 Å². The van der Waals surface area contributed by atoms with Crippen LogP contribution in [0.4, 0.5) is 0 Å². The third-order valence-electron chi connectivity index (χ3n) is 3.48. The second-order valence-electron chi connectivity index (χ2n) is 5.38. The maximum absolute atomic E-state index is 12.4. The normalized spacial score (nSPS) is 23.9. The van der Waals surface area contributed by atoms with Crippen molar-refractivity contribution in [1.82, 2.24) is 10.2 Å². The molecule has 19 heavy (non-hydrogen) atoms. The number of hydrogen-bond donors (Lipinski definition) is 1. The fourth-order valence-corrected chi connectivity index (χ4v) is 3.14. The zero-order valence-corrected chi connectivity index (χ0v) is 12.6. The standard InChI is InChI=1S/C14H20N2O2S/c1-8(2)12-14(18)16(10(4)13(17)15-12)7-11-6-5-9(3)19-11/h5-6,8,10,12H,7H2,1-4H3,(H,15,17). The van der Waals surface area contributed by atoms with Crippen molar-refractivity contribution < 1.29 is 9.59 Å². The number of aryl methyl sites for hydroxylation is 1. The molecule has 2 rings (SSSR count). The Morgan fingerprint density at radius 3 is 2.58 bits per heavy atom. The number of carbonyl (C=O) groups excluding carboxylic acids is 2. The number of carbonyl (C=O) groups is 2. The molecule has 0 spiro atoms. The lowest BCUT2D eigenvalue weighted by atomic mass is 9.98. The molecule has 1 fully saturated rings. The molecule has 1 N–H and O–H groups in total. The molecule has 104 valence electrons. The van der Waals surface area contributed by atoms with Gasteiger partial charge in [0.25, 0.3) is 0 Å². The molecule has 2 unspecified atom stereocenters. The van der Waals surface area contributed by atoms with Gasteiger partial charge in [0.05, 0.1) is 6.54 Å². The Labute approximate surface area is 117 Å². The smallest absolute Gasteiger partial charge is 0.246 e. The lowest BCUT2D eigenvalue weighted by Crippen LogP contribution is -2.63. The molecular weight excluding hydrogens is 260 g/mol. The van der Waals surface area contributed by atoms with Gasteiger partial charge in [0, 0.05) is 9.75 Å². The van der Waals surface area contributed by atoms with Crippen LogP contribution in [0.1, 0.15) is 30.5 Å². The van der Waals surface area contributed by atoms with Crippen LogP contribution in [0.3, 0.4) is 0 Å². The minimum Gasteiger partial charge on any atom is -0.342 e. The summed E-state index contributed by atoms with van der Waals surface area (Å²) in [7, 11) is 0. The Bertz CT molecular complexity index is 495. The van der Waals surface area contributed by atoms with Gasteiger partial charge in [-0.1, -0.05) is 13.8 Å². The molecule has 0 aromatic carbocycles. The van der Waals surface area contributed by atoms with Crippen molar-refractivity contribution in [2.75, 3.05) is 0 Å². The predicted molar refractivity (Wildman–Crippen MR) is 75.8 cm³/mol. The summed E-state index contributed by atoms with van der Waals surface area (Å²) < 4.78 is 0. The molecule has 1 aromatic rings. The van der Waals surface area contributed by atoms with Crippen LogP contribution in [-0.4, -0.2) is 28.8 Å². The Morgan fingerprint density at radius 1 is 1.37 bits per heavy atom. The molecule has 4 nitrogen and oxygen atoms in total. The molecule has 1 aliphatic rings. The number of rotatable bonds is 3. The first-order chi connectivity index (χ1) is 8.90. The molecule has 2 amide bonds. The van der Waals surface area contributed by atoms with Gasteiger partial charge in [-0.3, -0.25) is 9.59 Å². The van der Waals surface area contributed by atoms with E-state index < -0.39 is 12.1 Å². The number of hydrogen-bond acceptors (Lipinski definition) is 3. The summed E-state index contributed by atoms with van der Waals surface area (Å²) in [6, 6.07) is 3.27. The highest BCUT2D eigenvalue weighted by molar-refractivity contribution is 7.11. The average Bonchev–Trinajstić information content (AvgIpc) is 2.74. The quantitative estimate of drug-likeness (QED) is 0.919. The monoisotopic (exact) mass is 280 g/mol. The second-order valence-corrected chi connectivity index (χ2v) is 6.76. The van der Waals surface area contributed by atoms with Crippen LogP contribution in [0.15, 0.2) is 12.1 Å². The van der Waals surface area contributed by atoms with Crippen molar-refractivity contribution in [2.45, 2.75) is 46.3 Å². The van der Waals surface area contributed by atoms with E-state index in [1.807, 2.05) is 32.9 Å². The van der Waals surface area contributed by atoms with Gasteiger partial charge in [-0.05, 0) is 31.9 Å². The van der Waals surface area contributed by atoms with Crippen molar-refractivity contribution in [1.29, 1.82) is 0 Å². The van der Waals surface area contributed by atoms with Crippen molar-refractivity contribution in [3.05, 3.63) is 21.9 Å². The van der Waals surface area contributed by atoms with E-state index in [2.05, 4.69) is 5.32 Å². The van der Waals surface area contributed by atoms with Crippen LogP contribution < -0.4 is 5.32 Å². The van der Waals surface area contributed by atoms with Crippen molar-refractivity contribution in [3.8, 4) is 0 Å². The first-order valence-corrected chi connectivity index (χ1v) is 7.38. The summed E-state index contributed by atoms with van der Waals surface area (Å²) in [6.07, 6.45) is 0. The van der Waals surface area contributed by atoms with Gasteiger partial charge in [-0.25, -0.2) is 0 Å². The van der Waals surface area contributed by atoms with Crippen molar-refractivity contribution in [2.24, 2.45) is 5.92 Å². The van der Waals surface area contributed by atoms with E-state index in [1.165, 1.54) is 4.88 Å². The molecule has 5 heteroatoms. The van der Waals surface area contributed by atoms with E-state index in [0.717, 1.165) is 4.88 Å². The van der Waals surface area contributed by atoms with E-state index in [-0.39, 0.29) is 17.7 Å². The van der Waals surface area contributed by atoms with E-state index in [4.69, 9.17) is 0 Å². The maximum atomic E-state index is 12.4. The first-order valence-electron chi connectivity index (χ1n) is 6.56. The Kier molecular flexibility index (Phi) is 3.94. The summed E-state index contributed by atoms with van der Waals surface area (Å²) in [6.45, 7) is 8.25. The SMILES string of the molecule is Cc1ccc(CN2C(=O)C(C(C)C)NC(=O)C2C)s1. The Hall–Kier alpha value is -1.36. The third kappa shape index (κ3) is 2.81. The van der Waals surface area contributed by atoms with Crippen LogP contribution in [0.25, 0.3) is 0 Å². The maximum Gasteiger partial charge on any atom is 0.246 e. The zero-order valence-electron chi connectivity index (χ0n) is 11.8. The van der Waals surface area contributed by atoms with E-state index in [9.17, 15) is 9.59 Å². The highest BCUT2D eigenvalue weighted by Gasteiger charge is 2.39. The van der Waals surface area contributed by atoms with Crippen LogP contribution in [0.5, 0.6) is 0 Å². The molecule has 0 saturated carbocycles. The number of piperazine rings is 1. The van der Waals surface area contributed by atoms with Gasteiger partial charge in [-0.15, -0.1) is 11.3 Å². The number of amides is 2. The molecule has 2 heterocycles. The molecule has 0 aliphatic carbocycles. The summed E-state index contributed by atoms with van der Waals surface area (Å²) in [4.78, 5) is 28.4. The van der Waals surface area contributed by atoms with Gasteiger partial charge < -0.3 is 10.2 Å². The van der Waals surface area contributed by atoms with Gasteiger partial charge >= 0.3 is 0 Å². The minimum atomic E-state index is -0.398. The topological polar surface area (TPSA) is 49.4 Å². The van der Waals surface area contributed by atoms with Gasteiger partial charge in [0.15, 0.2) is 0 Å². The van der Waals surface area contributed by atoms with Crippen LogP contribution >= 0.6 is 11.3 Å². The molecule has 1 aliphatic heterocycles. The highest BCUT2D eigenvalue weighted by atomic mass is 32.1. The lowest BCUT2D eigenvalue weighted by molar-refractivity contribution is -0.150. The van der Waals surface area contributed by atoms with Crippen LogP contribution in [-0.2, 0) is 16.1 Å². The molecule has 0 radical (unpaired) electrons. The molecule has 1 saturated heterocycles. The van der Waals surface area contributed by atoms with E-state index in [1.54, 1.807) is 23.2 Å². The Morgan fingerprint density at radius 2 is 2.05 bits per heavy atom. The summed E-state index contributed by atoms with van der Waals surface area (Å²) in [5, 5.41) is 2.81. The zero-order chi connectivity index (χ0) is 14.2. The number of nitrogens with zero attached hydrogens (tertiary/aromatic N) is 1. The number of nitrogens with one attached hydrogen (secondary N) is 1. The minimum absolute atomic E-state index is 0.0214. The van der Waals surface area contributed by atoms with Crippen molar-refractivity contribution >= 4 is 23.2 Å². The summed E-state index contributed by atoms with van der Waals surface area (Å²) in [5.74, 6) is 0.0660. The van der Waals surface area contributed by atoms with Gasteiger partial charge in [0.2, 0.25) is 11.8 Å². The molecule has 2 atom stereocenters. The van der Waals surface area contributed by atoms with Crippen LogP contribution in [0.2, 0.25) is 0 Å². The number of thiophene rings is 1. The highest BCUT2D eigenvalue weighted by Crippen LogP contribution is 2.22. The molecule has 1 aromatic heterocycles. The third-order valence-corrected chi connectivity index (χ3v) is 4.47. The van der Waals surface area contributed by atoms with E-state index >= 15 is 0 Å². The first kappa shape index (κ1) is 14.1. The van der Waals surface area contributed by atoms with Crippen molar-refractivity contribution in [3.63, 3.8) is 0 Å². The fourth-order valence-electron chi connectivity index (χ4n) is 2.25. The lowest BCUT2D eigenvalue weighted by Gasteiger charge is -2.38. The molecule has 0 bridgehead atoms. The van der Waals surface area contributed by atoms with Gasteiger partial charge in [0.1, 0.15) is 12.1 Å². The van der Waals surface area contributed by atoms with Gasteiger partial charge in [-0.2, -0.15) is 0 Å². The second kappa shape index (κ2) is 5.33. The molecular formula is C14H20N2O2S. The average molecular weight is 280 g/mol. The summed E-state index contributed by atoms with van der Waals surface area (Å²) >= 11 is 1.67. The largest absolute Gasteiger partial charge is 0.342 e. The fraction of sp³-hybridized carbons (Fsp3) is 0.571. The Balaban J connectivity index is 2.20.